The SMILES string of the molecule is CCOC(=O)C1CCCc2cc3cnc4c(c(-c5ccc(Cl)cc5)nn4-c4ccccc4)c3nc21. The fourth-order valence-corrected chi connectivity index (χ4v) is 5.06. The molecule has 6 nitrogen and oxygen atoms in total. The molecular weight excluding hydrogens is 460 g/mol. The van der Waals surface area contributed by atoms with Gasteiger partial charge in [-0.2, -0.15) is 5.10 Å². The van der Waals surface area contributed by atoms with Gasteiger partial charge >= 0.3 is 5.97 Å². The van der Waals surface area contributed by atoms with Gasteiger partial charge in [-0.3, -0.25) is 9.78 Å². The third kappa shape index (κ3) is 3.74. The van der Waals surface area contributed by atoms with Crippen molar-refractivity contribution >= 4 is 39.5 Å². The summed E-state index contributed by atoms with van der Waals surface area (Å²) in [5.41, 5.74) is 6.00. The molecule has 0 saturated carbocycles. The smallest absolute Gasteiger partial charge is 0.315 e. The first-order valence-electron chi connectivity index (χ1n) is 11.8. The Bertz CT molecular complexity index is 1560. The molecule has 0 bridgehead atoms. The molecule has 1 unspecified atom stereocenters. The average molecular weight is 483 g/mol. The summed E-state index contributed by atoms with van der Waals surface area (Å²) in [6.45, 7) is 2.19. The lowest BCUT2D eigenvalue weighted by Crippen LogP contribution is -2.22. The quantitative estimate of drug-likeness (QED) is 0.282. The van der Waals surface area contributed by atoms with E-state index in [0.717, 1.165) is 63.8 Å². The highest BCUT2D eigenvalue weighted by molar-refractivity contribution is 6.30. The van der Waals surface area contributed by atoms with Crippen molar-refractivity contribution < 1.29 is 9.53 Å². The van der Waals surface area contributed by atoms with E-state index in [1.54, 1.807) is 0 Å². The molecule has 0 radical (unpaired) electrons. The number of carbonyl (C=O) groups excluding carboxylic acids is 1. The van der Waals surface area contributed by atoms with Crippen LogP contribution in [0.15, 0.2) is 66.9 Å². The van der Waals surface area contributed by atoms with E-state index in [4.69, 9.17) is 31.4 Å². The summed E-state index contributed by atoms with van der Waals surface area (Å²) in [5, 5.41) is 7.43. The summed E-state index contributed by atoms with van der Waals surface area (Å²) in [7, 11) is 0. The zero-order chi connectivity index (χ0) is 23.9. The summed E-state index contributed by atoms with van der Waals surface area (Å²) in [6.07, 6.45) is 4.42. The molecule has 0 saturated heterocycles. The molecule has 0 aliphatic heterocycles. The van der Waals surface area contributed by atoms with Crippen molar-refractivity contribution in [1.29, 1.82) is 0 Å². The minimum Gasteiger partial charge on any atom is -0.465 e. The van der Waals surface area contributed by atoms with Gasteiger partial charge in [-0.15, -0.1) is 0 Å². The molecule has 0 amide bonds. The topological polar surface area (TPSA) is 69.9 Å². The molecule has 2 aromatic carbocycles. The Morgan fingerprint density at radius 2 is 1.94 bits per heavy atom. The summed E-state index contributed by atoms with van der Waals surface area (Å²) in [5.74, 6) is -0.557. The normalized spacial score (nSPS) is 15.3. The van der Waals surface area contributed by atoms with Crippen LogP contribution in [0.1, 0.15) is 36.9 Å². The van der Waals surface area contributed by atoms with Gasteiger partial charge in [0.05, 0.1) is 34.8 Å². The van der Waals surface area contributed by atoms with Crippen LogP contribution in [-0.2, 0) is 16.0 Å². The summed E-state index contributed by atoms with van der Waals surface area (Å²) < 4.78 is 7.23. The van der Waals surface area contributed by atoms with Crippen molar-refractivity contribution in [3.05, 3.63) is 83.1 Å². The van der Waals surface area contributed by atoms with Gasteiger partial charge in [0, 0.05) is 22.2 Å². The van der Waals surface area contributed by atoms with Crippen molar-refractivity contribution in [3.8, 4) is 16.9 Å². The molecule has 7 heteroatoms. The van der Waals surface area contributed by atoms with Gasteiger partial charge in [0.2, 0.25) is 0 Å². The van der Waals surface area contributed by atoms with E-state index in [2.05, 4.69) is 6.07 Å². The molecule has 174 valence electrons. The van der Waals surface area contributed by atoms with Crippen LogP contribution >= 0.6 is 11.6 Å². The Labute approximate surface area is 207 Å². The maximum absolute atomic E-state index is 12.8. The molecule has 5 aromatic rings. The van der Waals surface area contributed by atoms with Crippen LogP contribution in [0, 0.1) is 0 Å². The average Bonchev–Trinajstić information content (AvgIpc) is 3.28. The van der Waals surface area contributed by atoms with Crippen LogP contribution in [-0.4, -0.2) is 32.3 Å². The molecule has 1 aliphatic carbocycles. The number of pyridine rings is 2. The standard InChI is InChI=1S/C28H23ClN4O2/c1-2-35-28(34)22-10-6-7-18-15-19-16-30-27-23(25(19)31-24(18)22)26(17-11-13-20(29)14-12-17)32-33(27)21-8-4-3-5-9-21/h3-5,8-9,11-16,22H,2,6-7,10H2,1H3. The number of aryl methyl sites for hydroxylation is 1. The number of hydrogen-bond acceptors (Lipinski definition) is 5. The summed E-state index contributed by atoms with van der Waals surface area (Å²) in [6, 6.07) is 19.7. The van der Waals surface area contributed by atoms with Gasteiger partial charge in [-0.05, 0) is 62.1 Å². The van der Waals surface area contributed by atoms with Gasteiger partial charge in [-0.1, -0.05) is 41.9 Å². The molecule has 6 rings (SSSR count). The highest BCUT2D eigenvalue weighted by atomic mass is 35.5. The highest BCUT2D eigenvalue weighted by Gasteiger charge is 2.30. The highest BCUT2D eigenvalue weighted by Crippen LogP contribution is 2.38. The van der Waals surface area contributed by atoms with E-state index >= 15 is 0 Å². The second-order valence-corrected chi connectivity index (χ2v) is 9.16. The molecular formula is C28H23ClN4O2. The lowest BCUT2D eigenvalue weighted by Gasteiger charge is -2.23. The van der Waals surface area contributed by atoms with Crippen LogP contribution < -0.4 is 0 Å². The zero-order valence-electron chi connectivity index (χ0n) is 19.2. The Hall–Kier alpha value is -3.77. The van der Waals surface area contributed by atoms with E-state index in [1.807, 2.05) is 72.4 Å². The van der Waals surface area contributed by atoms with Crippen LogP contribution in [0.5, 0.6) is 0 Å². The largest absolute Gasteiger partial charge is 0.465 e. The van der Waals surface area contributed by atoms with Gasteiger partial charge in [-0.25, -0.2) is 9.67 Å². The lowest BCUT2D eigenvalue weighted by atomic mass is 9.86. The van der Waals surface area contributed by atoms with Gasteiger partial charge in [0.25, 0.3) is 0 Å². The van der Waals surface area contributed by atoms with Gasteiger partial charge < -0.3 is 4.74 Å². The zero-order valence-corrected chi connectivity index (χ0v) is 20.0. The minimum absolute atomic E-state index is 0.205. The molecule has 3 aromatic heterocycles. The van der Waals surface area contributed by atoms with Crippen LogP contribution in [0.2, 0.25) is 5.02 Å². The number of rotatable bonds is 4. The number of fused-ring (bicyclic) bond motifs is 4. The number of para-hydroxylation sites is 1. The van der Waals surface area contributed by atoms with Crippen molar-refractivity contribution in [3.63, 3.8) is 0 Å². The number of aromatic nitrogens is 4. The fraction of sp³-hybridized carbons (Fsp3) is 0.214. The molecule has 0 spiro atoms. The number of halogens is 1. The van der Waals surface area contributed by atoms with E-state index in [-0.39, 0.29) is 11.9 Å². The second kappa shape index (κ2) is 8.78. The maximum Gasteiger partial charge on any atom is 0.315 e. The molecule has 0 N–H and O–H groups in total. The number of hydrogen-bond donors (Lipinski definition) is 0. The van der Waals surface area contributed by atoms with E-state index < -0.39 is 0 Å². The van der Waals surface area contributed by atoms with Crippen LogP contribution in [0.25, 0.3) is 38.9 Å². The number of carbonyl (C=O) groups is 1. The minimum atomic E-state index is -0.352. The number of nitrogens with zero attached hydrogens (tertiary/aromatic N) is 4. The number of esters is 1. The maximum atomic E-state index is 12.8. The third-order valence-corrected chi connectivity index (χ3v) is 6.80. The Balaban J connectivity index is 1.66. The predicted molar refractivity (Wildman–Crippen MR) is 137 cm³/mol. The van der Waals surface area contributed by atoms with Crippen molar-refractivity contribution in [2.75, 3.05) is 6.61 Å². The van der Waals surface area contributed by atoms with Gasteiger partial charge in [0.1, 0.15) is 5.69 Å². The van der Waals surface area contributed by atoms with E-state index in [0.29, 0.717) is 17.3 Å². The second-order valence-electron chi connectivity index (χ2n) is 8.73. The fourth-order valence-electron chi connectivity index (χ4n) is 4.93. The Morgan fingerprint density at radius 1 is 1.14 bits per heavy atom. The third-order valence-electron chi connectivity index (χ3n) is 6.55. The summed E-state index contributed by atoms with van der Waals surface area (Å²) >= 11 is 6.17. The van der Waals surface area contributed by atoms with E-state index in [1.165, 1.54) is 0 Å². The van der Waals surface area contributed by atoms with Gasteiger partial charge in [0.15, 0.2) is 5.65 Å². The lowest BCUT2D eigenvalue weighted by molar-refractivity contribution is -0.145. The first-order chi connectivity index (χ1) is 17.1. The number of benzene rings is 2. The molecule has 0 fully saturated rings. The Kier molecular flexibility index (Phi) is 5.46. The molecule has 1 aliphatic rings. The molecule has 35 heavy (non-hydrogen) atoms. The first kappa shape index (κ1) is 21.7. The van der Waals surface area contributed by atoms with Crippen molar-refractivity contribution in [2.24, 2.45) is 0 Å². The summed E-state index contributed by atoms with van der Waals surface area (Å²) in [4.78, 5) is 22.7. The molecule has 3 heterocycles. The number of ether oxygens (including phenoxy) is 1. The monoisotopic (exact) mass is 482 g/mol. The van der Waals surface area contributed by atoms with Crippen LogP contribution in [0.3, 0.4) is 0 Å². The first-order valence-corrected chi connectivity index (χ1v) is 12.2. The molecule has 1 atom stereocenters. The van der Waals surface area contributed by atoms with E-state index in [9.17, 15) is 4.79 Å². The Morgan fingerprint density at radius 3 is 2.71 bits per heavy atom. The van der Waals surface area contributed by atoms with Crippen molar-refractivity contribution in [2.45, 2.75) is 32.1 Å². The van der Waals surface area contributed by atoms with Crippen LogP contribution in [0.4, 0.5) is 0 Å². The predicted octanol–water partition coefficient (Wildman–Crippen LogP) is 6.27. The van der Waals surface area contributed by atoms with Crippen molar-refractivity contribution in [1.82, 2.24) is 19.7 Å².